The van der Waals surface area contributed by atoms with Crippen molar-refractivity contribution < 1.29 is 19.2 Å². The molecule has 8 heteroatoms. The molecule has 1 aromatic rings. The van der Waals surface area contributed by atoms with Gasteiger partial charge in [0, 0.05) is 6.54 Å². The zero-order chi connectivity index (χ0) is 12.7. The van der Waals surface area contributed by atoms with Gasteiger partial charge in [0.2, 0.25) is 6.39 Å². The number of carbonyl (C=O) groups is 2. The summed E-state index contributed by atoms with van der Waals surface area (Å²) in [6, 6.07) is -0.530. The SMILES string of the molecule is C=CCN(CC(=O)O)C(=O)NCc1ncon1. The molecular weight excluding hydrogens is 228 g/mol. The lowest BCUT2D eigenvalue weighted by atomic mass is 10.4. The number of aromatic nitrogens is 2. The number of nitrogens with one attached hydrogen (secondary N) is 1. The van der Waals surface area contributed by atoms with Gasteiger partial charge in [-0.25, -0.2) is 4.79 Å². The molecule has 1 aromatic heterocycles. The Labute approximate surface area is 96.9 Å². The van der Waals surface area contributed by atoms with Crippen LogP contribution in [0, 0.1) is 0 Å². The van der Waals surface area contributed by atoms with E-state index in [0.29, 0.717) is 5.82 Å². The monoisotopic (exact) mass is 240 g/mol. The van der Waals surface area contributed by atoms with E-state index in [1.165, 1.54) is 6.08 Å². The van der Waals surface area contributed by atoms with Gasteiger partial charge in [-0.1, -0.05) is 11.2 Å². The first kappa shape index (κ1) is 12.7. The highest BCUT2D eigenvalue weighted by Gasteiger charge is 2.15. The van der Waals surface area contributed by atoms with Crippen LogP contribution in [-0.4, -0.2) is 45.2 Å². The largest absolute Gasteiger partial charge is 0.480 e. The zero-order valence-corrected chi connectivity index (χ0v) is 9.00. The van der Waals surface area contributed by atoms with E-state index in [2.05, 4.69) is 26.6 Å². The predicted octanol–water partition coefficient (Wildman–Crippen LogP) is -0.148. The maximum atomic E-state index is 11.6. The molecule has 0 bridgehead atoms. The van der Waals surface area contributed by atoms with Crippen LogP contribution in [0.25, 0.3) is 0 Å². The first-order valence-corrected chi connectivity index (χ1v) is 4.74. The molecule has 2 amide bonds. The van der Waals surface area contributed by atoms with Crippen molar-refractivity contribution in [1.29, 1.82) is 0 Å². The average Bonchev–Trinajstić information content (AvgIpc) is 2.77. The minimum Gasteiger partial charge on any atom is -0.480 e. The number of amides is 2. The van der Waals surface area contributed by atoms with Crippen molar-refractivity contribution in [3.63, 3.8) is 0 Å². The highest BCUT2D eigenvalue weighted by atomic mass is 16.5. The van der Waals surface area contributed by atoms with E-state index in [0.717, 1.165) is 11.3 Å². The van der Waals surface area contributed by atoms with Crippen LogP contribution in [0.1, 0.15) is 5.82 Å². The predicted molar refractivity (Wildman–Crippen MR) is 55.9 cm³/mol. The van der Waals surface area contributed by atoms with Crippen molar-refractivity contribution in [2.45, 2.75) is 6.54 Å². The first-order valence-electron chi connectivity index (χ1n) is 4.74. The fourth-order valence-corrected chi connectivity index (χ4v) is 1.08. The molecule has 0 aliphatic rings. The fourth-order valence-electron chi connectivity index (χ4n) is 1.08. The summed E-state index contributed by atoms with van der Waals surface area (Å²) in [6.07, 6.45) is 2.58. The molecule has 2 N–H and O–H groups in total. The zero-order valence-electron chi connectivity index (χ0n) is 9.00. The van der Waals surface area contributed by atoms with E-state index in [-0.39, 0.29) is 13.1 Å². The van der Waals surface area contributed by atoms with Crippen LogP contribution in [-0.2, 0) is 11.3 Å². The van der Waals surface area contributed by atoms with E-state index in [1.807, 2.05) is 0 Å². The number of rotatable bonds is 6. The van der Waals surface area contributed by atoms with E-state index in [1.54, 1.807) is 0 Å². The Morgan fingerprint density at radius 3 is 2.94 bits per heavy atom. The molecule has 0 radical (unpaired) electrons. The Kier molecular flexibility index (Phi) is 4.67. The van der Waals surface area contributed by atoms with Gasteiger partial charge in [-0.15, -0.1) is 6.58 Å². The molecule has 0 spiro atoms. The number of urea groups is 1. The van der Waals surface area contributed by atoms with Crippen molar-refractivity contribution >= 4 is 12.0 Å². The normalized spacial score (nSPS) is 9.65. The third-order valence-electron chi connectivity index (χ3n) is 1.77. The van der Waals surface area contributed by atoms with Crippen molar-refractivity contribution in [3.05, 3.63) is 24.9 Å². The summed E-state index contributed by atoms with van der Waals surface area (Å²) in [4.78, 5) is 26.9. The highest BCUT2D eigenvalue weighted by molar-refractivity contribution is 5.80. The Bertz CT molecular complexity index is 390. The molecule has 0 aliphatic heterocycles. The van der Waals surface area contributed by atoms with Crippen LogP contribution in [0.15, 0.2) is 23.6 Å². The molecular formula is C9H12N4O4. The molecule has 0 saturated carbocycles. The van der Waals surface area contributed by atoms with Gasteiger partial charge in [0.1, 0.15) is 6.54 Å². The third kappa shape index (κ3) is 4.33. The molecule has 0 unspecified atom stereocenters. The summed E-state index contributed by atoms with van der Waals surface area (Å²) in [5, 5.41) is 14.6. The van der Waals surface area contributed by atoms with Gasteiger partial charge in [-0.2, -0.15) is 4.98 Å². The molecule has 92 valence electrons. The smallest absolute Gasteiger partial charge is 0.323 e. The standard InChI is InChI=1S/C9H12N4O4/c1-2-3-13(5-8(14)15)9(16)10-4-7-11-6-17-12-7/h2,6H,1,3-5H2,(H,10,16)(H,14,15). The molecule has 0 atom stereocenters. The lowest BCUT2D eigenvalue weighted by molar-refractivity contribution is -0.137. The second-order valence-electron chi connectivity index (χ2n) is 3.07. The average molecular weight is 240 g/mol. The van der Waals surface area contributed by atoms with Gasteiger partial charge in [0.25, 0.3) is 0 Å². The number of carboxylic acid groups (broad SMARTS) is 1. The second-order valence-corrected chi connectivity index (χ2v) is 3.07. The second kappa shape index (κ2) is 6.26. The molecule has 1 rings (SSSR count). The van der Waals surface area contributed by atoms with Gasteiger partial charge in [-0.3, -0.25) is 4.79 Å². The lowest BCUT2D eigenvalue weighted by Gasteiger charge is -2.18. The molecule has 0 aromatic carbocycles. The van der Waals surface area contributed by atoms with Gasteiger partial charge in [-0.05, 0) is 0 Å². The highest BCUT2D eigenvalue weighted by Crippen LogP contribution is 1.93. The van der Waals surface area contributed by atoms with E-state index in [9.17, 15) is 9.59 Å². The fraction of sp³-hybridized carbons (Fsp3) is 0.333. The van der Waals surface area contributed by atoms with Gasteiger partial charge in [0.15, 0.2) is 5.82 Å². The Balaban J connectivity index is 2.46. The molecule has 0 aliphatic carbocycles. The summed E-state index contributed by atoms with van der Waals surface area (Å²) in [6.45, 7) is 3.26. The summed E-state index contributed by atoms with van der Waals surface area (Å²) < 4.78 is 4.48. The minimum atomic E-state index is -1.10. The number of hydrogen-bond acceptors (Lipinski definition) is 5. The molecule has 8 nitrogen and oxygen atoms in total. The Hall–Kier alpha value is -2.38. The number of nitrogens with zero attached hydrogens (tertiary/aromatic N) is 3. The number of carbonyl (C=O) groups excluding carboxylic acids is 1. The van der Waals surface area contributed by atoms with Crippen LogP contribution in [0.5, 0.6) is 0 Å². The summed E-state index contributed by atoms with van der Waals surface area (Å²) in [5.41, 5.74) is 0. The molecule has 0 saturated heterocycles. The van der Waals surface area contributed by atoms with E-state index < -0.39 is 18.5 Å². The van der Waals surface area contributed by atoms with Crippen molar-refractivity contribution in [3.8, 4) is 0 Å². The number of hydrogen-bond donors (Lipinski definition) is 2. The summed E-state index contributed by atoms with van der Waals surface area (Å²) in [5.74, 6) is -0.784. The van der Waals surface area contributed by atoms with Crippen LogP contribution < -0.4 is 5.32 Å². The number of aliphatic carboxylic acids is 1. The van der Waals surface area contributed by atoms with Crippen molar-refractivity contribution in [2.75, 3.05) is 13.1 Å². The van der Waals surface area contributed by atoms with Gasteiger partial charge < -0.3 is 19.8 Å². The van der Waals surface area contributed by atoms with E-state index in [4.69, 9.17) is 5.11 Å². The third-order valence-corrected chi connectivity index (χ3v) is 1.77. The maximum absolute atomic E-state index is 11.6. The first-order chi connectivity index (χ1) is 8.13. The minimum absolute atomic E-state index is 0.0720. The summed E-state index contributed by atoms with van der Waals surface area (Å²) >= 11 is 0. The van der Waals surface area contributed by atoms with Crippen LogP contribution in [0.2, 0.25) is 0 Å². The maximum Gasteiger partial charge on any atom is 0.323 e. The molecule has 1 heterocycles. The molecule has 0 fully saturated rings. The van der Waals surface area contributed by atoms with Crippen molar-refractivity contribution in [2.24, 2.45) is 0 Å². The van der Waals surface area contributed by atoms with Crippen LogP contribution in [0.3, 0.4) is 0 Å². The lowest BCUT2D eigenvalue weighted by Crippen LogP contribution is -2.42. The van der Waals surface area contributed by atoms with E-state index >= 15 is 0 Å². The van der Waals surface area contributed by atoms with Crippen LogP contribution >= 0.6 is 0 Å². The van der Waals surface area contributed by atoms with Gasteiger partial charge in [0.05, 0.1) is 6.54 Å². The number of carboxylic acids is 1. The summed E-state index contributed by atoms with van der Waals surface area (Å²) in [7, 11) is 0. The van der Waals surface area contributed by atoms with Crippen LogP contribution in [0.4, 0.5) is 4.79 Å². The Morgan fingerprint density at radius 1 is 1.65 bits per heavy atom. The quantitative estimate of drug-likeness (QED) is 0.669. The van der Waals surface area contributed by atoms with Crippen molar-refractivity contribution in [1.82, 2.24) is 20.4 Å². The molecule has 17 heavy (non-hydrogen) atoms. The Morgan fingerprint density at radius 2 is 2.41 bits per heavy atom. The topological polar surface area (TPSA) is 109 Å². The van der Waals surface area contributed by atoms with Gasteiger partial charge >= 0.3 is 12.0 Å².